The van der Waals surface area contributed by atoms with Crippen LogP contribution >= 0.6 is 11.8 Å². The summed E-state index contributed by atoms with van der Waals surface area (Å²) in [5.41, 5.74) is 2.55. The first-order valence-electron chi connectivity index (χ1n) is 9.21. The molecule has 0 radical (unpaired) electrons. The van der Waals surface area contributed by atoms with Crippen molar-refractivity contribution in [3.63, 3.8) is 0 Å². The molecular formula is C22H21N3O4S. The summed E-state index contributed by atoms with van der Waals surface area (Å²) in [6.45, 7) is 1.72. The number of anilines is 1. The number of amides is 1. The Morgan fingerprint density at radius 3 is 2.43 bits per heavy atom. The SMILES string of the molecule is COC(=O)c1ccc(NC(=O)Cc2c(C)nc(SCc3ccccc3)[nH]c2=O)cc1. The zero-order valence-electron chi connectivity index (χ0n) is 16.6. The lowest BCUT2D eigenvalue weighted by Crippen LogP contribution is -2.23. The van der Waals surface area contributed by atoms with E-state index >= 15 is 0 Å². The van der Waals surface area contributed by atoms with Crippen LogP contribution in [0, 0.1) is 6.92 Å². The smallest absolute Gasteiger partial charge is 0.337 e. The van der Waals surface area contributed by atoms with E-state index in [9.17, 15) is 14.4 Å². The Bertz CT molecular complexity index is 1100. The van der Waals surface area contributed by atoms with Crippen molar-refractivity contribution in [3.05, 3.63) is 87.3 Å². The lowest BCUT2D eigenvalue weighted by atomic mass is 10.1. The molecule has 1 heterocycles. The summed E-state index contributed by atoms with van der Waals surface area (Å²) >= 11 is 1.43. The van der Waals surface area contributed by atoms with Gasteiger partial charge in [-0.3, -0.25) is 9.59 Å². The van der Waals surface area contributed by atoms with Gasteiger partial charge < -0.3 is 15.0 Å². The van der Waals surface area contributed by atoms with Gasteiger partial charge in [-0.25, -0.2) is 9.78 Å². The molecule has 8 heteroatoms. The van der Waals surface area contributed by atoms with Crippen LogP contribution in [0.1, 0.15) is 27.2 Å². The Morgan fingerprint density at radius 1 is 1.10 bits per heavy atom. The minimum atomic E-state index is -0.452. The Kier molecular flexibility index (Phi) is 7.03. The molecule has 1 amide bonds. The van der Waals surface area contributed by atoms with Gasteiger partial charge in [-0.2, -0.15) is 0 Å². The molecule has 0 bridgehead atoms. The Balaban J connectivity index is 1.63. The second-order valence-corrected chi connectivity index (χ2v) is 7.47. The molecule has 0 spiro atoms. The molecule has 1 aromatic heterocycles. The predicted octanol–water partition coefficient (Wildman–Crippen LogP) is 3.34. The van der Waals surface area contributed by atoms with Crippen LogP contribution in [-0.2, 0) is 21.7 Å². The summed E-state index contributed by atoms with van der Waals surface area (Å²) in [5, 5.41) is 3.23. The molecule has 0 aliphatic carbocycles. The number of carbonyl (C=O) groups is 2. The topological polar surface area (TPSA) is 101 Å². The normalized spacial score (nSPS) is 10.5. The van der Waals surface area contributed by atoms with Crippen LogP contribution in [-0.4, -0.2) is 29.0 Å². The van der Waals surface area contributed by atoms with E-state index in [4.69, 9.17) is 0 Å². The van der Waals surface area contributed by atoms with E-state index in [0.29, 0.717) is 33.4 Å². The highest BCUT2D eigenvalue weighted by atomic mass is 32.2. The van der Waals surface area contributed by atoms with Crippen LogP contribution in [0.15, 0.2) is 64.5 Å². The predicted molar refractivity (Wildman–Crippen MR) is 116 cm³/mol. The van der Waals surface area contributed by atoms with Crippen LogP contribution in [0.4, 0.5) is 5.69 Å². The first-order chi connectivity index (χ1) is 14.5. The van der Waals surface area contributed by atoms with Crippen molar-refractivity contribution in [2.24, 2.45) is 0 Å². The third kappa shape index (κ3) is 5.57. The number of aromatic nitrogens is 2. The first-order valence-corrected chi connectivity index (χ1v) is 10.2. The van der Waals surface area contributed by atoms with Crippen LogP contribution in [0.25, 0.3) is 0 Å². The van der Waals surface area contributed by atoms with Crippen molar-refractivity contribution in [2.75, 3.05) is 12.4 Å². The average Bonchev–Trinajstić information content (AvgIpc) is 2.75. The van der Waals surface area contributed by atoms with Gasteiger partial charge in [-0.15, -0.1) is 0 Å². The molecule has 7 nitrogen and oxygen atoms in total. The molecule has 2 aromatic carbocycles. The maximum atomic E-state index is 12.5. The van der Waals surface area contributed by atoms with Gasteiger partial charge in [0.25, 0.3) is 5.56 Å². The van der Waals surface area contributed by atoms with Crippen molar-refractivity contribution in [1.29, 1.82) is 0 Å². The molecule has 3 rings (SSSR count). The number of esters is 1. The number of hydrogen-bond donors (Lipinski definition) is 2. The van der Waals surface area contributed by atoms with E-state index in [1.165, 1.54) is 18.9 Å². The number of ether oxygens (including phenoxy) is 1. The average molecular weight is 423 g/mol. The van der Waals surface area contributed by atoms with Crippen LogP contribution in [0.3, 0.4) is 0 Å². The van der Waals surface area contributed by atoms with Gasteiger partial charge in [0.1, 0.15) is 0 Å². The number of nitrogens with one attached hydrogen (secondary N) is 2. The fraction of sp³-hybridized carbons (Fsp3) is 0.182. The van der Waals surface area contributed by atoms with E-state index in [2.05, 4.69) is 20.0 Å². The van der Waals surface area contributed by atoms with Gasteiger partial charge in [0.2, 0.25) is 5.91 Å². The van der Waals surface area contributed by atoms with Crippen LogP contribution in [0.5, 0.6) is 0 Å². The molecule has 154 valence electrons. The zero-order chi connectivity index (χ0) is 21.5. The minimum Gasteiger partial charge on any atom is -0.465 e. The maximum absolute atomic E-state index is 12.5. The standard InChI is InChI=1S/C22H21N3O4S/c1-14-18(12-19(26)24-17-10-8-16(9-11-17)21(28)29-2)20(27)25-22(23-14)30-13-15-6-4-3-5-7-15/h3-11H,12-13H2,1-2H3,(H,24,26)(H,23,25,27). The van der Waals surface area contributed by atoms with Gasteiger partial charge in [-0.1, -0.05) is 42.1 Å². The van der Waals surface area contributed by atoms with Gasteiger partial charge in [0.05, 0.1) is 19.1 Å². The summed E-state index contributed by atoms with van der Waals surface area (Å²) in [7, 11) is 1.30. The molecule has 2 N–H and O–H groups in total. The van der Waals surface area contributed by atoms with Crippen LogP contribution < -0.4 is 10.9 Å². The Morgan fingerprint density at radius 2 is 1.80 bits per heavy atom. The van der Waals surface area contributed by atoms with E-state index < -0.39 is 5.97 Å². The van der Waals surface area contributed by atoms with E-state index in [0.717, 1.165) is 5.56 Å². The molecule has 0 saturated heterocycles. The highest BCUT2D eigenvalue weighted by Crippen LogP contribution is 2.19. The number of benzene rings is 2. The summed E-state index contributed by atoms with van der Waals surface area (Å²) in [5.74, 6) is -0.114. The molecule has 0 aliphatic rings. The van der Waals surface area contributed by atoms with Gasteiger partial charge >= 0.3 is 5.97 Å². The number of carbonyl (C=O) groups excluding carboxylic acids is 2. The monoisotopic (exact) mass is 423 g/mol. The van der Waals surface area contributed by atoms with Crippen molar-refractivity contribution < 1.29 is 14.3 Å². The largest absolute Gasteiger partial charge is 0.465 e. The maximum Gasteiger partial charge on any atom is 0.337 e. The van der Waals surface area contributed by atoms with Crippen molar-refractivity contribution in [2.45, 2.75) is 24.3 Å². The Labute approximate surface area is 177 Å². The molecular weight excluding hydrogens is 402 g/mol. The second kappa shape index (κ2) is 9.89. The van der Waals surface area contributed by atoms with Gasteiger partial charge in [0.15, 0.2) is 5.16 Å². The number of thioether (sulfide) groups is 1. The molecule has 0 unspecified atom stereocenters. The third-order valence-corrected chi connectivity index (χ3v) is 5.29. The second-order valence-electron chi connectivity index (χ2n) is 6.50. The summed E-state index contributed by atoms with van der Waals surface area (Å²) < 4.78 is 4.64. The van der Waals surface area contributed by atoms with E-state index in [1.807, 2.05) is 30.3 Å². The lowest BCUT2D eigenvalue weighted by Gasteiger charge is -2.09. The Hall–Kier alpha value is -3.39. The molecule has 30 heavy (non-hydrogen) atoms. The van der Waals surface area contributed by atoms with Crippen LogP contribution in [0.2, 0.25) is 0 Å². The van der Waals surface area contributed by atoms with E-state index in [-0.39, 0.29) is 17.9 Å². The summed E-state index contributed by atoms with van der Waals surface area (Å²) in [4.78, 5) is 43.5. The quantitative estimate of drug-likeness (QED) is 0.343. The van der Waals surface area contributed by atoms with E-state index in [1.54, 1.807) is 31.2 Å². The number of H-pyrrole nitrogens is 1. The molecule has 3 aromatic rings. The fourth-order valence-corrected chi connectivity index (χ4v) is 3.62. The number of nitrogens with zero attached hydrogens (tertiary/aromatic N) is 1. The molecule has 0 atom stereocenters. The first kappa shape index (κ1) is 21.3. The number of aryl methyl sites for hydroxylation is 1. The summed E-state index contributed by atoms with van der Waals surface area (Å²) in [6.07, 6.45) is -0.101. The number of rotatable bonds is 7. The molecule has 0 fully saturated rings. The van der Waals surface area contributed by atoms with Gasteiger partial charge in [-0.05, 0) is 36.8 Å². The molecule has 0 saturated carbocycles. The lowest BCUT2D eigenvalue weighted by molar-refractivity contribution is -0.115. The molecule has 0 aliphatic heterocycles. The van der Waals surface area contributed by atoms with Gasteiger partial charge in [0, 0.05) is 22.7 Å². The zero-order valence-corrected chi connectivity index (χ0v) is 17.4. The number of hydrogen-bond acceptors (Lipinski definition) is 6. The summed E-state index contributed by atoms with van der Waals surface area (Å²) in [6, 6.07) is 16.2. The number of methoxy groups -OCH3 is 1. The minimum absolute atomic E-state index is 0.101. The fourth-order valence-electron chi connectivity index (χ4n) is 2.76. The van der Waals surface area contributed by atoms with Crippen molar-refractivity contribution in [1.82, 2.24) is 9.97 Å². The number of aromatic amines is 1. The van der Waals surface area contributed by atoms with Crippen molar-refractivity contribution >= 4 is 29.3 Å². The van der Waals surface area contributed by atoms with Crippen molar-refractivity contribution in [3.8, 4) is 0 Å². The third-order valence-electron chi connectivity index (χ3n) is 4.35. The highest BCUT2D eigenvalue weighted by molar-refractivity contribution is 7.98. The highest BCUT2D eigenvalue weighted by Gasteiger charge is 2.14.